The van der Waals surface area contributed by atoms with Crippen molar-refractivity contribution in [3.8, 4) is 23.3 Å². The van der Waals surface area contributed by atoms with Crippen LogP contribution in [0.4, 0.5) is 0 Å². The number of likely N-dealkylation sites (tertiary alicyclic amines) is 1. The van der Waals surface area contributed by atoms with Crippen molar-refractivity contribution in [2.75, 3.05) is 20.2 Å². The number of hydrogen-bond donors (Lipinski definition) is 1. The Morgan fingerprint density at radius 2 is 1.85 bits per heavy atom. The van der Waals surface area contributed by atoms with Crippen LogP contribution < -0.4 is 9.47 Å². The summed E-state index contributed by atoms with van der Waals surface area (Å²) in [5.41, 5.74) is 6.14. The molecule has 0 unspecified atom stereocenters. The molecular formula is C34H35NO4. The molecule has 0 amide bonds. The molecule has 3 aromatic carbocycles. The number of fused-ring (bicyclic) bond motifs is 2. The van der Waals surface area contributed by atoms with Crippen molar-refractivity contribution in [1.82, 2.24) is 4.90 Å². The lowest BCUT2D eigenvalue weighted by atomic mass is 9.74. The van der Waals surface area contributed by atoms with Gasteiger partial charge < -0.3 is 14.6 Å². The fourth-order valence-electron chi connectivity index (χ4n) is 5.80. The number of hydrogen-bond acceptors (Lipinski definition) is 4. The summed E-state index contributed by atoms with van der Waals surface area (Å²) in [4.78, 5) is 13.7. The van der Waals surface area contributed by atoms with Gasteiger partial charge in [-0.05, 0) is 73.3 Å². The molecule has 2 aliphatic rings. The van der Waals surface area contributed by atoms with Gasteiger partial charge in [0, 0.05) is 17.5 Å². The van der Waals surface area contributed by atoms with Crippen molar-refractivity contribution in [1.29, 1.82) is 0 Å². The molecule has 0 aromatic heterocycles. The molecule has 5 nitrogen and oxygen atoms in total. The zero-order chi connectivity index (χ0) is 27.2. The zero-order valence-electron chi connectivity index (χ0n) is 22.7. The van der Waals surface area contributed by atoms with Gasteiger partial charge >= 0.3 is 5.97 Å². The number of piperidine rings is 1. The van der Waals surface area contributed by atoms with E-state index in [0.717, 1.165) is 55.1 Å². The summed E-state index contributed by atoms with van der Waals surface area (Å²) < 4.78 is 11.8. The quantitative estimate of drug-likeness (QED) is 0.330. The predicted molar refractivity (Wildman–Crippen MR) is 154 cm³/mol. The Morgan fingerprint density at radius 1 is 1.08 bits per heavy atom. The van der Waals surface area contributed by atoms with Crippen LogP contribution in [0.25, 0.3) is 6.08 Å². The first-order valence-corrected chi connectivity index (χ1v) is 13.5. The van der Waals surface area contributed by atoms with Crippen molar-refractivity contribution in [3.05, 3.63) is 101 Å². The van der Waals surface area contributed by atoms with E-state index in [2.05, 4.69) is 71.4 Å². The summed E-state index contributed by atoms with van der Waals surface area (Å²) in [5, 5.41) is 9.16. The lowest BCUT2D eigenvalue weighted by molar-refractivity contribution is -0.137. The Labute approximate surface area is 231 Å². The van der Waals surface area contributed by atoms with E-state index in [-0.39, 0.29) is 17.8 Å². The van der Waals surface area contributed by atoms with E-state index >= 15 is 0 Å². The fourth-order valence-corrected chi connectivity index (χ4v) is 5.80. The number of carbonyl (C=O) groups is 1. The van der Waals surface area contributed by atoms with E-state index in [1.807, 2.05) is 24.3 Å². The van der Waals surface area contributed by atoms with Crippen LogP contribution in [0.2, 0.25) is 0 Å². The normalized spacial score (nSPS) is 16.3. The topological polar surface area (TPSA) is 59.0 Å². The third-order valence-electron chi connectivity index (χ3n) is 7.96. The lowest BCUT2D eigenvalue weighted by Crippen LogP contribution is -2.40. The van der Waals surface area contributed by atoms with Gasteiger partial charge in [-0.3, -0.25) is 9.69 Å². The number of nitrogens with zero attached hydrogens (tertiary/aromatic N) is 1. The Morgan fingerprint density at radius 3 is 2.56 bits per heavy atom. The average molecular weight is 522 g/mol. The second kappa shape index (κ2) is 11.8. The van der Waals surface area contributed by atoms with Gasteiger partial charge in [-0.1, -0.05) is 66.6 Å². The van der Waals surface area contributed by atoms with Gasteiger partial charge in [0.1, 0.15) is 18.1 Å². The number of allylic oxidation sites excluding steroid dienone is 1. The summed E-state index contributed by atoms with van der Waals surface area (Å²) in [5.74, 6) is 6.23. The summed E-state index contributed by atoms with van der Waals surface area (Å²) in [6.07, 6.45) is 6.97. The zero-order valence-corrected chi connectivity index (χ0v) is 22.7. The Balaban J connectivity index is 1.17. The van der Waals surface area contributed by atoms with E-state index in [9.17, 15) is 4.79 Å². The monoisotopic (exact) mass is 521 g/mol. The minimum Gasteiger partial charge on any atom is -0.496 e. The van der Waals surface area contributed by atoms with E-state index in [4.69, 9.17) is 14.6 Å². The molecule has 1 aliphatic carbocycles. The number of benzene rings is 3. The molecule has 3 aromatic rings. The lowest BCUT2D eigenvalue weighted by Gasteiger charge is -2.39. The smallest absolute Gasteiger partial charge is 0.304 e. The van der Waals surface area contributed by atoms with Crippen LogP contribution >= 0.6 is 0 Å². The maximum Gasteiger partial charge on any atom is 0.304 e. The number of methoxy groups -OCH3 is 1. The molecule has 1 saturated heterocycles. The molecule has 1 heterocycles. The van der Waals surface area contributed by atoms with Crippen LogP contribution in [0.3, 0.4) is 0 Å². The summed E-state index contributed by atoms with van der Waals surface area (Å²) in [7, 11) is 1.72. The van der Waals surface area contributed by atoms with Crippen molar-refractivity contribution < 1.29 is 19.4 Å². The molecule has 1 atom stereocenters. The number of carboxylic acids is 1. The van der Waals surface area contributed by atoms with Gasteiger partial charge in [-0.25, -0.2) is 0 Å². The minimum atomic E-state index is -0.860. The van der Waals surface area contributed by atoms with Crippen LogP contribution in [-0.2, 0) is 23.4 Å². The van der Waals surface area contributed by atoms with Crippen LogP contribution in [0.1, 0.15) is 59.9 Å². The SMILES string of the molecule is CC#C[C@@H](CC(=O)O)c1ccc(OCc2ccc(CN3CCC4(C=Cc5ccccc54)CC3)c(OC)c2)cc1. The molecule has 39 heavy (non-hydrogen) atoms. The molecule has 1 fully saturated rings. The number of aliphatic carboxylic acids is 1. The highest BCUT2D eigenvalue weighted by Gasteiger charge is 2.37. The molecule has 0 radical (unpaired) electrons. The molecule has 0 saturated carbocycles. The molecule has 1 spiro atoms. The Kier molecular flexibility index (Phi) is 8.05. The Bertz CT molecular complexity index is 1410. The number of ether oxygens (including phenoxy) is 2. The summed E-state index contributed by atoms with van der Waals surface area (Å²) in [6.45, 7) is 5.12. The van der Waals surface area contributed by atoms with Crippen molar-refractivity contribution in [2.24, 2.45) is 0 Å². The number of rotatable bonds is 9. The molecular weight excluding hydrogens is 486 g/mol. The van der Waals surface area contributed by atoms with Crippen molar-refractivity contribution in [2.45, 2.75) is 50.7 Å². The van der Waals surface area contributed by atoms with E-state index in [0.29, 0.717) is 6.61 Å². The molecule has 1 aliphatic heterocycles. The van der Waals surface area contributed by atoms with Gasteiger partial charge in [-0.15, -0.1) is 5.92 Å². The van der Waals surface area contributed by atoms with Crippen molar-refractivity contribution >= 4 is 12.0 Å². The van der Waals surface area contributed by atoms with Gasteiger partial charge in [0.2, 0.25) is 0 Å². The first-order chi connectivity index (χ1) is 19.0. The maximum absolute atomic E-state index is 11.2. The summed E-state index contributed by atoms with van der Waals surface area (Å²) >= 11 is 0. The van der Waals surface area contributed by atoms with Gasteiger partial charge in [0.05, 0.1) is 19.4 Å². The second-order valence-corrected chi connectivity index (χ2v) is 10.4. The van der Waals surface area contributed by atoms with Gasteiger partial charge in [-0.2, -0.15) is 0 Å². The molecule has 1 N–H and O–H groups in total. The average Bonchev–Trinajstić information content (AvgIpc) is 3.31. The first-order valence-electron chi connectivity index (χ1n) is 13.5. The fraction of sp³-hybridized carbons (Fsp3) is 0.324. The Hall–Kier alpha value is -4.01. The van der Waals surface area contributed by atoms with Gasteiger partial charge in [0.25, 0.3) is 0 Å². The van der Waals surface area contributed by atoms with Crippen molar-refractivity contribution in [3.63, 3.8) is 0 Å². The van der Waals surface area contributed by atoms with Gasteiger partial charge in [0.15, 0.2) is 0 Å². The highest BCUT2D eigenvalue weighted by atomic mass is 16.5. The van der Waals surface area contributed by atoms with Crippen LogP contribution in [0.15, 0.2) is 72.8 Å². The number of carboxylic acid groups (broad SMARTS) is 1. The predicted octanol–water partition coefficient (Wildman–Crippen LogP) is 6.42. The van der Waals surface area contributed by atoms with Crippen LogP contribution in [0.5, 0.6) is 11.5 Å². The van der Waals surface area contributed by atoms with E-state index in [1.54, 1.807) is 14.0 Å². The standard InChI is InChI=1S/C34H35NO4/c1-3-6-28(22-33(36)37)26-11-13-30(14-12-26)39-24-25-9-10-29(32(21-25)38-2)23-35-19-17-34(18-20-35)16-15-27-7-4-5-8-31(27)34/h4-5,7-16,21,28H,17-20,22-24H2,1-2H3,(H,36,37)/t28-/m0/s1. The van der Waals surface area contributed by atoms with E-state index < -0.39 is 5.97 Å². The third-order valence-corrected chi connectivity index (χ3v) is 7.96. The molecule has 0 bridgehead atoms. The molecule has 5 heteroatoms. The highest BCUT2D eigenvalue weighted by molar-refractivity contribution is 5.69. The largest absolute Gasteiger partial charge is 0.496 e. The van der Waals surface area contributed by atoms with E-state index in [1.165, 1.54) is 16.7 Å². The first kappa shape index (κ1) is 26.6. The maximum atomic E-state index is 11.2. The summed E-state index contributed by atoms with van der Waals surface area (Å²) in [6, 6.07) is 22.6. The van der Waals surface area contributed by atoms with Crippen LogP contribution in [-0.4, -0.2) is 36.2 Å². The highest BCUT2D eigenvalue weighted by Crippen LogP contribution is 2.44. The molecule has 200 valence electrons. The molecule has 5 rings (SSSR count). The second-order valence-electron chi connectivity index (χ2n) is 10.4. The van der Waals surface area contributed by atoms with Crippen LogP contribution in [0, 0.1) is 11.8 Å². The third kappa shape index (κ3) is 6.02. The minimum absolute atomic E-state index is 0.0174.